The molecule has 10 heteroatoms. The minimum atomic E-state index is 0.196. The van der Waals surface area contributed by atoms with Crippen LogP contribution in [0.1, 0.15) is 0 Å². The summed E-state index contributed by atoms with van der Waals surface area (Å²) in [7, 11) is 0. The number of halogens is 9. The molecule has 4 rings (SSSR count). The lowest BCUT2D eigenvalue weighted by atomic mass is 9.97. The van der Waals surface area contributed by atoms with Gasteiger partial charge in [0.25, 0.3) is 0 Å². The Morgan fingerprint density at radius 3 is 1.30 bits per heavy atom. The largest absolute Gasteiger partial charge is 0.247 e. The van der Waals surface area contributed by atoms with Crippen molar-refractivity contribution in [3.63, 3.8) is 0 Å². The zero-order valence-electron chi connectivity index (χ0n) is 16.0. The first kappa shape index (κ1) is 25.5. The molecule has 0 amide bonds. The summed E-state index contributed by atoms with van der Waals surface area (Å²) in [6.07, 6.45) is 0. The molecule has 0 saturated carbocycles. The maximum absolute atomic E-state index is 6.56. The second-order valence-electron chi connectivity index (χ2n) is 6.76. The van der Waals surface area contributed by atoms with E-state index in [0.29, 0.717) is 48.7 Å². The first-order valence-corrected chi connectivity index (χ1v) is 12.4. The number of aromatic nitrogens is 1. The number of rotatable bonds is 3. The van der Waals surface area contributed by atoms with Gasteiger partial charge in [-0.15, -0.1) is 0 Å². The second-order valence-corrected chi connectivity index (χ2v) is 10.3. The van der Waals surface area contributed by atoms with Crippen molar-refractivity contribution in [2.24, 2.45) is 0 Å². The molecule has 4 aromatic rings. The number of benzene rings is 3. The van der Waals surface area contributed by atoms with E-state index in [4.69, 9.17) is 109 Å². The quantitative estimate of drug-likeness (QED) is 0.209. The summed E-state index contributed by atoms with van der Waals surface area (Å²) in [5, 5.41) is 2.37. The Bertz CT molecular complexity index is 1420. The first-order valence-electron chi connectivity index (χ1n) is 9.04. The Hall–Kier alpha value is -0.580. The van der Waals surface area contributed by atoms with Gasteiger partial charge in [-0.25, -0.2) is 4.98 Å². The van der Waals surface area contributed by atoms with Gasteiger partial charge in [-0.3, -0.25) is 0 Å². The van der Waals surface area contributed by atoms with Crippen LogP contribution in [-0.2, 0) is 0 Å². The third kappa shape index (κ3) is 4.78. The van der Waals surface area contributed by atoms with Gasteiger partial charge in [0.2, 0.25) is 0 Å². The van der Waals surface area contributed by atoms with Crippen LogP contribution in [0.25, 0.3) is 33.6 Å². The molecule has 0 saturated heterocycles. The zero-order chi connectivity index (χ0) is 24.0. The molecular weight excluding hydrogens is 609 g/mol. The molecule has 168 valence electrons. The van der Waals surface area contributed by atoms with Crippen LogP contribution in [0.4, 0.5) is 0 Å². The predicted molar refractivity (Wildman–Crippen MR) is 146 cm³/mol. The van der Waals surface area contributed by atoms with E-state index in [0.717, 1.165) is 0 Å². The van der Waals surface area contributed by atoms with Crippen LogP contribution in [0, 0.1) is 0 Å². The molecule has 1 heterocycles. The Labute approximate surface area is 235 Å². The van der Waals surface area contributed by atoms with Crippen LogP contribution >= 0.6 is 104 Å². The van der Waals surface area contributed by atoms with Gasteiger partial charge in [0, 0.05) is 22.3 Å². The van der Waals surface area contributed by atoms with E-state index in [1.54, 1.807) is 42.5 Å². The van der Waals surface area contributed by atoms with Crippen LogP contribution in [0.15, 0.2) is 48.5 Å². The molecule has 0 fully saturated rings. The van der Waals surface area contributed by atoms with Crippen LogP contribution in [0.5, 0.6) is 0 Å². The second kappa shape index (κ2) is 10.2. The smallest absolute Gasteiger partial charge is 0.0803 e. The summed E-state index contributed by atoms with van der Waals surface area (Å²) in [5.74, 6) is 0. The third-order valence-corrected chi connectivity index (χ3v) is 8.70. The molecule has 0 aliphatic heterocycles. The highest BCUT2D eigenvalue weighted by Gasteiger charge is 2.21. The first-order chi connectivity index (χ1) is 15.6. The highest BCUT2D eigenvalue weighted by atomic mass is 35.5. The van der Waals surface area contributed by atoms with Crippen LogP contribution in [-0.4, -0.2) is 4.98 Å². The topological polar surface area (TPSA) is 12.9 Å². The van der Waals surface area contributed by atoms with Crippen molar-refractivity contribution in [1.82, 2.24) is 4.98 Å². The fourth-order valence-electron chi connectivity index (χ4n) is 3.20. The molecular formula is C23H8Cl9N. The molecule has 1 aromatic heterocycles. The van der Waals surface area contributed by atoms with Crippen LogP contribution in [0.3, 0.4) is 0 Å². The maximum Gasteiger partial charge on any atom is 0.0803 e. The number of pyridine rings is 1. The Kier molecular flexibility index (Phi) is 7.88. The van der Waals surface area contributed by atoms with Gasteiger partial charge in [0.1, 0.15) is 0 Å². The maximum atomic E-state index is 6.56. The molecule has 0 aliphatic carbocycles. The monoisotopic (exact) mass is 613 g/mol. The molecule has 0 radical (unpaired) electrons. The minimum absolute atomic E-state index is 0.196. The summed E-state index contributed by atoms with van der Waals surface area (Å²) in [4.78, 5) is 4.84. The number of hydrogen-bond donors (Lipinski definition) is 0. The molecule has 0 aliphatic rings. The van der Waals surface area contributed by atoms with Crippen molar-refractivity contribution in [3.05, 3.63) is 93.7 Å². The van der Waals surface area contributed by atoms with Crippen molar-refractivity contribution in [2.45, 2.75) is 0 Å². The molecule has 0 unspecified atom stereocenters. The lowest BCUT2D eigenvalue weighted by Crippen LogP contribution is -1.95. The molecule has 0 atom stereocenters. The Morgan fingerprint density at radius 1 is 0.364 bits per heavy atom. The van der Waals surface area contributed by atoms with Crippen molar-refractivity contribution in [1.29, 1.82) is 0 Å². The Morgan fingerprint density at radius 2 is 0.758 bits per heavy atom. The summed E-state index contributed by atoms with van der Waals surface area (Å²) in [6.45, 7) is 0. The van der Waals surface area contributed by atoms with Crippen molar-refractivity contribution in [3.8, 4) is 33.6 Å². The van der Waals surface area contributed by atoms with Crippen molar-refractivity contribution >= 4 is 104 Å². The van der Waals surface area contributed by atoms with E-state index in [-0.39, 0.29) is 30.1 Å². The lowest BCUT2D eigenvalue weighted by molar-refractivity contribution is 1.32. The van der Waals surface area contributed by atoms with Gasteiger partial charge in [-0.2, -0.15) is 0 Å². The normalized spacial score (nSPS) is 11.2. The average molecular weight is 617 g/mol. The highest BCUT2D eigenvalue weighted by Crippen LogP contribution is 2.46. The van der Waals surface area contributed by atoms with Gasteiger partial charge >= 0.3 is 0 Å². The van der Waals surface area contributed by atoms with E-state index in [1.807, 2.05) is 6.07 Å². The Balaban J connectivity index is 2.05. The van der Waals surface area contributed by atoms with Gasteiger partial charge in [-0.1, -0.05) is 110 Å². The lowest BCUT2D eigenvalue weighted by Gasteiger charge is -2.16. The molecule has 0 spiro atoms. The fraction of sp³-hybridized carbons (Fsp3) is 0. The standard InChI is InChI=1S/C23H8Cl9N/c24-13-5-1-9(17(27)20(13)30)10-4-8-16(11-2-6-14(25)21(31)18(11)28)33-23(10)12-3-7-15(26)22(32)19(12)29/h1-8H. The molecule has 0 bridgehead atoms. The summed E-state index contributed by atoms with van der Waals surface area (Å²) >= 11 is 56.8. The molecule has 0 N–H and O–H groups in total. The van der Waals surface area contributed by atoms with E-state index in [9.17, 15) is 0 Å². The SMILES string of the molecule is Clc1ccc(-c2ccc(-c3ccc(Cl)c(Cl)c3Cl)c(-c3ccc(Cl)c(Cl)c3Cl)n2)c(Cl)c1Cl. The molecule has 33 heavy (non-hydrogen) atoms. The van der Waals surface area contributed by atoms with Gasteiger partial charge in [-0.05, 0) is 42.5 Å². The summed E-state index contributed by atoms with van der Waals surface area (Å²) < 4.78 is 0. The average Bonchev–Trinajstić information content (AvgIpc) is 2.80. The van der Waals surface area contributed by atoms with Gasteiger partial charge in [0.15, 0.2) is 0 Å². The zero-order valence-corrected chi connectivity index (χ0v) is 22.8. The van der Waals surface area contributed by atoms with E-state index >= 15 is 0 Å². The molecule has 1 nitrogen and oxygen atoms in total. The van der Waals surface area contributed by atoms with Crippen molar-refractivity contribution in [2.75, 3.05) is 0 Å². The summed E-state index contributed by atoms with van der Waals surface area (Å²) in [6, 6.07) is 13.7. The van der Waals surface area contributed by atoms with Crippen molar-refractivity contribution < 1.29 is 0 Å². The number of hydrogen-bond acceptors (Lipinski definition) is 1. The minimum Gasteiger partial charge on any atom is -0.247 e. The highest BCUT2D eigenvalue weighted by molar-refractivity contribution is 6.51. The number of nitrogens with zero attached hydrogens (tertiary/aromatic N) is 1. The van der Waals surface area contributed by atoms with E-state index in [1.165, 1.54) is 0 Å². The van der Waals surface area contributed by atoms with Crippen LogP contribution < -0.4 is 0 Å². The summed E-state index contributed by atoms with van der Waals surface area (Å²) in [5.41, 5.74) is 3.34. The van der Waals surface area contributed by atoms with Crippen LogP contribution in [0.2, 0.25) is 45.2 Å². The predicted octanol–water partition coefficient (Wildman–Crippen LogP) is 12.0. The molecule has 3 aromatic carbocycles. The van der Waals surface area contributed by atoms with Gasteiger partial charge in [0.05, 0.1) is 56.6 Å². The van der Waals surface area contributed by atoms with Gasteiger partial charge < -0.3 is 0 Å². The van der Waals surface area contributed by atoms with E-state index in [2.05, 4.69) is 0 Å². The van der Waals surface area contributed by atoms with E-state index < -0.39 is 0 Å². The third-order valence-electron chi connectivity index (χ3n) is 4.82. The fourth-order valence-corrected chi connectivity index (χ4v) is 5.09.